The normalized spacial score (nSPS) is 11.3. The second-order valence-corrected chi connectivity index (χ2v) is 4.29. The van der Waals surface area contributed by atoms with Gasteiger partial charge in [0, 0.05) is 0 Å². The minimum Gasteiger partial charge on any atom is -0.406 e. The Labute approximate surface area is 118 Å². The molecule has 2 nitrogen and oxygen atoms in total. The van der Waals surface area contributed by atoms with E-state index in [2.05, 4.69) is 4.74 Å². The third-order valence-corrected chi connectivity index (χ3v) is 2.74. The van der Waals surface area contributed by atoms with E-state index in [1.807, 2.05) is 0 Å². The van der Waals surface area contributed by atoms with Crippen LogP contribution >= 0.6 is 0 Å². The SMILES string of the molecule is CC(=O)c1c(F)cccc1-c1cccc(OC(F)(F)F)c1. The first-order chi connectivity index (χ1) is 9.78. The van der Waals surface area contributed by atoms with Gasteiger partial charge in [0.15, 0.2) is 5.78 Å². The highest BCUT2D eigenvalue weighted by Crippen LogP contribution is 2.31. The maximum absolute atomic E-state index is 13.7. The first-order valence-electron chi connectivity index (χ1n) is 5.93. The van der Waals surface area contributed by atoms with Gasteiger partial charge in [0.05, 0.1) is 5.56 Å². The van der Waals surface area contributed by atoms with Crippen LogP contribution in [0.2, 0.25) is 0 Å². The average Bonchev–Trinajstić information content (AvgIpc) is 2.36. The van der Waals surface area contributed by atoms with E-state index < -0.39 is 23.7 Å². The van der Waals surface area contributed by atoms with Crippen LogP contribution in [-0.2, 0) is 0 Å². The number of hydrogen-bond donors (Lipinski definition) is 0. The molecule has 0 radical (unpaired) electrons. The van der Waals surface area contributed by atoms with Crippen molar-refractivity contribution >= 4 is 5.78 Å². The lowest BCUT2D eigenvalue weighted by Crippen LogP contribution is -2.17. The van der Waals surface area contributed by atoms with Gasteiger partial charge in [-0.15, -0.1) is 13.2 Å². The zero-order valence-corrected chi connectivity index (χ0v) is 10.9. The van der Waals surface area contributed by atoms with E-state index in [1.54, 1.807) is 0 Å². The molecule has 0 atom stereocenters. The van der Waals surface area contributed by atoms with E-state index in [9.17, 15) is 22.4 Å². The van der Waals surface area contributed by atoms with Crippen LogP contribution in [0.5, 0.6) is 5.75 Å². The van der Waals surface area contributed by atoms with E-state index in [0.717, 1.165) is 18.2 Å². The van der Waals surface area contributed by atoms with Crippen LogP contribution < -0.4 is 4.74 Å². The fraction of sp³-hybridized carbons (Fsp3) is 0.133. The minimum atomic E-state index is -4.82. The Morgan fingerprint density at radius 3 is 2.38 bits per heavy atom. The van der Waals surface area contributed by atoms with Gasteiger partial charge in [0.1, 0.15) is 11.6 Å². The van der Waals surface area contributed by atoms with Gasteiger partial charge >= 0.3 is 6.36 Å². The molecule has 0 amide bonds. The summed E-state index contributed by atoms with van der Waals surface area (Å²) in [4.78, 5) is 11.5. The molecule has 0 aliphatic carbocycles. The molecule has 0 bridgehead atoms. The lowest BCUT2D eigenvalue weighted by Gasteiger charge is -2.12. The monoisotopic (exact) mass is 298 g/mol. The van der Waals surface area contributed by atoms with E-state index in [0.29, 0.717) is 0 Å². The summed E-state index contributed by atoms with van der Waals surface area (Å²) in [6.45, 7) is 1.19. The predicted molar refractivity (Wildman–Crippen MR) is 68.5 cm³/mol. The molecular formula is C15H10F4O2. The van der Waals surface area contributed by atoms with Crippen molar-refractivity contribution in [2.45, 2.75) is 13.3 Å². The maximum atomic E-state index is 13.7. The van der Waals surface area contributed by atoms with Crippen molar-refractivity contribution < 1.29 is 27.1 Å². The van der Waals surface area contributed by atoms with Crippen LogP contribution in [0.4, 0.5) is 17.6 Å². The summed E-state index contributed by atoms with van der Waals surface area (Å²) in [5.74, 6) is -1.66. The fourth-order valence-corrected chi connectivity index (χ4v) is 1.98. The summed E-state index contributed by atoms with van der Waals surface area (Å²) >= 11 is 0. The third-order valence-electron chi connectivity index (χ3n) is 2.74. The van der Waals surface area contributed by atoms with Crippen LogP contribution in [0.15, 0.2) is 42.5 Å². The van der Waals surface area contributed by atoms with Crippen molar-refractivity contribution in [1.82, 2.24) is 0 Å². The maximum Gasteiger partial charge on any atom is 0.573 e. The summed E-state index contributed by atoms with van der Waals surface area (Å²) in [6.07, 6.45) is -4.82. The highest BCUT2D eigenvalue weighted by molar-refractivity contribution is 6.01. The van der Waals surface area contributed by atoms with Crippen LogP contribution in [0.1, 0.15) is 17.3 Å². The van der Waals surface area contributed by atoms with E-state index in [4.69, 9.17) is 0 Å². The number of alkyl halides is 3. The zero-order valence-electron chi connectivity index (χ0n) is 10.9. The van der Waals surface area contributed by atoms with E-state index in [1.165, 1.54) is 31.2 Å². The van der Waals surface area contributed by atoms with Crippen molar-refractivity contribution in [1.29, 1.82) is 0 Å². The highest BCUT2D eigenvalue weighted by Gasteiger charge is 2.31. The number of halogens is 4. The summed E-state index contributed by atoms with van der Waals surface area (Å²) < 4.78 is 54.2. The first kappa shape index (κ1) is 15.0. The Hall–Kier alpha value is -2.37. The Bertz CT molecular complexity index is 678. The molecule has 0 fully saturated rings. The minimum absolute atomic E-state index is 0.165. The highest BCUT2D eigenvalue weighted by atomic mass is 19.4. The second kappa shape index (κ2) is 5.55. The van der Waals surface area contributed by atoms with Gasteiger partial charge in [0.25, 0.3) is 0 Å². The van der Waals surface area contributed by atoms with Gasteiger partial charge in [-0.1, -0.05) is 24.3 Å². The Morgan fingerprint density at radius 1 is 1.10 bits per heavy atom. The van der Waals surface area contributed by atoms with Gasteiger partial charge in [-0.25, -0.2) is 4.39 Å². The summed E-state index contributed by atoms with van der Waals surface area (Å²) in [5, 5.41) is 0. The van der Waals surface area contributed by atoms with Gasteiger partial charge in [0.2, 0.25) is 0 Å². The standard InChI is InChI=1S/C15H10F4O2/c1-9(20)14-12(6-3-7-13(14)16)10-4-2-5-11(8-10)21-15(17,18)19/h2-8H,1H3. The number of ketones is 1. The van der Waals surface area contributed by atoms with Crippen molar-refractivity contribution in [3.8, 4) is 16.9 Å². The quantitative estimate of drug-likeness (QED) is 0.612. The molecular weight excluding hydrogens is 288 g/mol. The largest absolute Gasteiger partial charge is 0.573 e. The molecule has 2 rings (SSSR count). The van der Waals surface area contributed by atoms with Crippen LogP contribution in [0.25, 0.3) is 11.1 Å². The van der Waals surface area contributed by atoms with Gasteiger partial charge < -0.3 is 4.74 Å². The number of rotatable bonds is 3. The first-order valence-corrected chi connectivity index (χ1v) is 5.93. The molecule has 2 aromatic rings. The number of hydrogen-bond acceptors (Lipinski definition) is 2. The van der Waals surface area contributed by atoms with Gasteiger partial charge in [-0.3, -0.25) is 4.79 Å². The molecule has 0 spiro atoms. The molecule has 0 saturated carbocycles. The Kier molecular flexibility index (Phi) is 3.97. The van der Waals surface area contributed by atoms with Crippen LogP contribution in [0, 0.1) is 5.82 Å². The lowest BCUT2D eigenvalue weighted by atomic mass is 9.97. The Balaban J connectivity index is 2.51. The molecule has 0 aliphatic rings. The smallest absolute Gasteiger partial charge is 0.406 e. The number of ether oxygens (including phenoxy) is 1. The fourth-order valence-electron chi connectivity index (χ4n) is 1.98. The molecule has 0 aliphatic heterocycles. The van der Waals surface area contributed by atoms with Crippen molar-refractivity contribution in [2.75, 3.05) is 0 Å². The van der Waals surface area contributed by atoms with Crippen molar-refractivity contribution in [3.05, 3.63) is 53.8 Å². The summed E-state index contributed by atoms with van der Waals surface area (Å²) in [6, 6.07) is 9.02. The predicted octanol–water partition coefficient (Wildman–Crippen LogP) is 4.59. The van der Waals surface area contributed by atoms with E-state index >= 15 is 0 Å². The molecule has 6 heteroatoms. The second-order valence-electron chi connectivity index (χ2n) is 4.29. The zero-order chi connectivity index (χ0) is 15.6. The summed E-state index contributed by atoms with van der Waals surface area (Å²) in [7, 11) is 0. The summed E-state index contributed by atoms with van der Waals surface area (Å²) in [5.41, 5.74) is 0.318. The molecule has 21 heavy (non-hydrogen) atoms. The molecule has 2 aromatic carbocycles. The van der Waals surface area contributed by atoms with E-state index in [-0.39, 0.29) is 16.7 Å². The number of carbonyl (C=O) groups excluding carboxylic acids is 1. The third kappa shape index (κ3) is 3.59. The van der Waals surface area contributed by atoms with Crippen LogP contribution in [0.3, 0.4) is 0 Å². The van der Waals surface area contributed by atoms with Crippen molar-refractivity contribution in [2.24, 2.45) is 0 Å². The molecule has 0 aromatic heterocycles. The van der Waals surface area contributed by atoms with Gasteiger partial charge in [-0.05, 0) is 36.2 Å². The van der Waals surface area contributed by atoms with Crippen LogP contribution in [-0.4, -0.2) is 12.1 Å². The number of benzene rings is 2. The van der Waals surface area contributed by atoms with Crippen molar-refractivity contribution in [3.63, 3.8) is 0 Å². The Morgan fingerprint density at radius 2 is 1.76 bits per heavy atom. The van der Waals surface area contributed by atoms with Gasteiger partial charge in [-0.2, -0.15) is 0 Å². The molecule has 0 N–H and O–H groups in total. The number of Topliss-reactive ketones (excluding diaryl/α,β-unsaturated/α-hetero) is 1. The molecule has 0 saturated heterocycles. The topological polar surface area (TPSA) is 26.3 Å². The average molecular weight is 298 g/mol. The molecule has 110 valence electrons. The molecule has 0 heterocycles. The molecule has 0 unspecified atom stereocenters. The lowest BCUT2D eigenvalue weighted by molar-refractivity contribution is -0.274. The number of carbonyl (C=O) groups is 1.